The van der Waals surface area contributed by atoms with Gasteiger partial charge in [-0.3, -0.25) is 0 Å². The molecule has 1 aromatic carbocycles. The molecule has 1 fully saturated rings. The van der Waals surface area contributed by atoms with Crippen LogP contribution in [0.5, 0.6) is 0 Å². The van der Waals surface area contributed by atoms with Crippen LogP contribution in [-0.2, 0) is 0 Å². The van der Waals surface area contributed by atoms with Gasteiger partial charge in [0, 0.05) is 11.6 Å². The first kappa shape index (κ1) is 9.51. The van der Waals surface area contributed by atoms with E-state index in [4.69, 9.17) is 16.9 Å². The number of hydrogen-bond donors (Lipinski definition) is 1. The van der Waals surface area contributed by atoms with Crippen molar-refractivity contribution in [2.45, 2.75) is 12.3 Å². The molecular weight excluding hydrogens is 196 g/mol. The molecule has 72 valence electrons. The normalized spacial score (nSPS) is 20.7. The summed E-state index contributed by atoms with van der Waals surface area (Å²) in [5.41, 5.74) is 1.83. The molecule has 0 saturated carbocycles. The summed E-state index contributed by atoms with van der Waals surface area (Å²) in [6.07, 6.45) is 1.13. The lowest BCUT2D eigenvalue weighted by Crippen LogP contribution is -2.08. The van der Waals surface area contributed by atoms with E-state index in [2.05, 4.69) is 11.4 Å². The Kier molecular flexibility index (Phi) is 2.72. The highest BCUT2D eigenvalue weighted by molar-refractivity contribution is 6.30. The molecule has 1 heterocycles. The highest BCUT2D eigenvalue weighted by atomic mass is 35.5. The van der Waals surface area contributed by atoms with Crippen molar-refractivity contribution in [3.63, 3.8) is 0 Å². The van der Waals surface area contributed by atoms with Crippen LogP contribution < -0.4 is 5.32 Å². The SMILES string of the molecule is N#Cc1cc(Cl)cc([C@@H]2CCNC2)c1. The minimum Gasteiger partial charge on any atom is -0.316 e. The van der Waals surface area contributed by atoms with Gasteiger partial charge in [0.1, 0.15) is 0 Å². The summed E-state index contributed by atoms with van der Waals surface area (Å²) in [5, 5.41) is 12.8. The first-order chi connectivity index (χ1) is 6.79. The van der Waals surface area contributed by atoms with E-state index in [9.17, 15) is 0 Å². The summed E-state index contributed by atoms with van der Waals surface area (Å²) < 4.78 is 0. The van der Waals surface area contributed by atoms with Crippen molar-refractivity contribution in [3.05, 3.63) is 34.3 Å². The summed E-state index contributed by atoms with van der Waals surface area (Å²) in [6, 6.07) is 7.72. The van der Waals surface area contributed by atoms with Gasteiger partial charge in [0.2, 0.25) is 0 Å². The topological polar surface area (TPSA) is 35.8 Å². The van der Waals surface area contributed by atoms with Gasteiger partial charge in [0.15, 0.2) is 0 Å². The number of nitrogens with zero attached hydrogens (tertiary/aromatic N) is 1. The Morgan fingerprint density at radius 3 is 2.93 bits per heavy atom. The first-order valence-corrected chi connectivity index (χ1v) is 5.08. The number of hydrogen-bond acceptors (Lipinski definition) is 2. The van der Waals surface area contributed by atoms with E-state index < -0.39 is 0 Å². The molecule has 1 saturated heterocycles. The van der Waals surface area contributed by atoms with Crippen molar-refractivity contribution in [2.75, 3.05) is 13.1 Å². The van der Waals surface area contributed by atoms with Crippen LogP contribution in [0.2, 0.25) is 5.02 Å². The predicted octanol–water partition coefficient (Wildman–Crippen LogP) is 2.29. The maximum atomic E-state index is 8.81. The molecule has 2 rings (SSSR count). The Morgan fingerprint density at radius 2 is 2.29 bits per heavy atom. The molecule has 14 heavy (non-hydrogen) atoms. The molecule has 1 aliphatic rings. The van der Waals surface area contributed by atoms with E-state index in [1.54, 1.807) is 6.07 Å². The lowest BCUT2D eigenvalue weighted by atomic mass is 9.97. The van der Waals surface area contributed by atoms with Gasteiger partial charge in [-0.2, -0.15) is 5.26 Å². The zero-order valence-electron chi connectivity index (χ0n) is 7.76. The second kappa shape index (κ2) is 4.00. The van der Waals surface area contributed by atoms with E-state index in [1.807, 2.05) is 12.1 Å². The smallest absolute Gasteiger partial charge is 0.0992 e. The van der Waals surface area contributed by atoms with Crippen LogP contribution in [0, 0.1) is 11.3 Å². The van der Waals surface area contributed by atoms with Crippen molar-refractivity contribution in [2.24, 2.45) is 0 Å². The summed E-state index contributed by atoms with van der Waals surface area (Å²) in [5.74, 6) is 0.515. The van der Waals surface area contributed by atoms with Crippen LogP contribution in [0.15, 0.2) is 18.2 Å². The molecular formula is C11H11ClN2. The largest absolute Gasteiger partial charge is 0.316 e. The molecule has 2 nitrogen and oxygen atoms in total. The van der Waals surface area contributed by atoms with Crippen LogP contribution in [0.3, 0.4) is 0 Å². The van der Waals surface area contributed by atoms with E-state index in [0.717, 1.165) is 19.5 Å². The minimum absolute atomic E-state index is 0.515. The highest BCUT2D eigenvalue weighted by Crippen LogP contribution is 2.26. The lowest BCUT2D eigenvalue weighted by Gasteiger charge is -2.09. The maximum Gasteiger partial charge on any atom is 0.0992 e. The van der Waals surface area contributed by atoms with Gasteiger partial charge in [-0.05, 0) is 42.6 Å². The molecule has 0 radical (unpaired) electrons. The van der Waals surface area contributed by atoms with Gasteiger partial charge in [-0.25, -0.2) is 0 Å². The molecule has 1 N–H and O–H groups in total. The molecule has 0 aliphatic carbocycles. The second-order valence-electron chi connectivity index (χ2n) is 3.57. The Bertz CT molecular complexity index is 375. The molecule has 1 atom stereocenters. The van der Waals surface area contributed by atoms with Crippen LogP contribution >= 0.6 is 11.6 Å². The third kappa shape index (κ3) is 1.89. The molecule has 1 aromatic rings. The predicted molar refractivity (Wildman–Crippen MR) is 56.4 cm³/mol. The standard InChI is InChI=1S/C11H11ClN2/c12-11-4-8(6-13)3-10(5-11)9-1-2-14-7-9/h3-5,9,14H,1-2,7H2/t9-/m1/s1. The fourth-order valence-electron chi connectivity index (χ4n) is 1.85. The number of halogens is 1. The molecule has 1 aliphatic heterocycles. The number of benzene rings is 1. The van der Waals surface area contributed by atoms with E-state index in [1.165, 1.54) is 5.56 Å². The quantitative estimate of drug-likeness (QED) is 0.766. The van der Waals surface area contributed by atoms with Crippen LogP contribution in [-0.4, -0.2) is 13.1 Å². The average molecular weight is 207 g/mol. The summed E-state index contributed by atoms with van der Waals surface area (Å²) in [7, 11) is 0. The molecule has 0 bridgehead atoms. The van der Waals surface area contributed by atoms with Crippen LogP contribution in [0.4, 0.5) is 0 Å². The van der Waals surface area contributed by atoms with Gasteiger partial charge >= 0.3 is 0 Å². The maximum absolute atomic E-state index is 8.81. The monoisotopic (exact) mass is 206 g/mol. The van der Waals surface area contributed by atoms with Crippen molar-refractivity contribution >= 4 is 11.6 Å². The molecule has 0 amide bonds. The van der Waals surface area contributed by atoms with Gasteiger partial charge in [0.25, 0.3) is 0 Å². The Hall–Kier alpha value is -1.04. The lowest BCUT2D eigenvalue weighted by molar-refractivity contribution is 0.763. The zero-order chi connectivity index (χ0) is 9.97. The van der Waals surface area contributed by atoms with E-state index in [-0.39, 0.29) is 0 Å². The summed E-state index contributed by atoms with van der Waals surface area (Å²) in [6.45, 7) is 2.05. The average Bonchev–Trinajstić information content (AvgIpc) is 2.69. The summed E-state index contributed by atoms with van der Waals surface area (Å²) >= 11 is 5.94. The Balaban J connectivity index is 2.33. The molecule has 3 heteroatoms. The highest BCUT2D eigenvalue weighted by Gasteiger charge is 2.17. The Morgan fingerprint density at radius 1 is 1.43 bits per heavy atom. The van der Waals surface area contributed by atoms with Crippen LogP contribution in [0.1, 0.15) is 23.5 Å². The summed E-state index contributed by atoms with van der Waals surface area (Å²) in [4.78, 5) is 0. The van der Waals surface area contributed by atoms with Crippen molar-refractivity contribution < 1.29 is 0 Å². The fourth-order valence-corrected chi connectivity index (χ4v) is 2.10. The van der Waals surface area contributed by atoms with Crippen molar-refractivity contribution in [1.29, 1.82) is 5.26 Å². The number of rotatable bonds is 1. The molecule has 0 spiro atoms. The molecule has 0 unspecified atom stereocenters. The zero-order valence-corrected chi connectivity index (χ0v) is 8.51. The third-order valence-electron chi connectivity index (χ3n) is 2.58. The third-order valence-corrected chi connectivity index (χ3v) is 2.80. The Labute approximate surface area is 88.5 Å². The minimum atomic E-state index is 0.515. The van der Waals surface area contributed by atoms with Gasteiger partial charge in [0.05, 0.1) is 11.6 Å². The van der Waals surface area contributed by atoms with Crippen molar-refractivity contribution in [1.82, 2.24) is 5.32 Å². The first-order valence-electron chi connectivity index (χ1n) is 4.71. The van der Waals surface area contributed by atoms with E-state index in [0.29, 0.717) is 16.5 Å². The fraction of sp³-hybridized carbons (Fsp3) is 0.364. The van der Waals surface area contributed by atoms with E-state index >= 15 is 0 Å². The number of nitriles is 1. The van der Waals surface area contributed by atoms with Gasteiger partial charge in [-0.15, -0.1) is 0 Å². The van der Waals surface area contributed by atoms with Gasteiger partial charge in [-0.1, -0.05) is 11.6 Å². The van der Waals surface area contributed by atoms with Gasteiger partial charge < -0.3 is 5.32 Å². The molecule has 0 aromatic heterocycles. The second-order valence-corrected chi connectivity index (χ2v) is 4.01. The van der Waals surface area contributed by atoms with Crippen molar-refractivity contribution in [3.8, 4) is 6.07 Å². The van der Waals surface area contributed by atoms with Crippen LogP contribution in [0.25, 0.3) is 0 Å². The number of nitrogens with one attached hydrogen (secondary N) is 1.